The Morgan fingerprint density at radius 1 is 1.10 bits per heavy atom. The standard InChI is InChI=1S/C17H18N2O2/c1-13(15-8-10-16(21-2)11-9-15)18-19-17(20)12-14-6-4-3-5-7-14/h3-11H,12H2,1-2H3,(H,19,20). The number of carbonyl (C=O) groups excluding carboxylic acids is 1. The van der Waals surface area contributed by atoms with E-state index in [1.165, 1.54) is 0 Å². The van der Waals surface area contributed by atoms with Crippen LogP contribution in [0.4, 0.5) is 0 Å². The van der Waals surface area contributed by atoms with Gasteiger partial charge in [-0.05, 0) is 42.3 Å². The molecule has 0 heterocycles. The van der Waals surface area contributed by atoms with Crippen LogP contribution in [0.15, 0.2) is 59.7 Å². The highest BCUT2D eigenvalue weighted by molar-refractivity contribution is 5.99. The number of rotatable bonds is 5. The van der Waals surface area contributed by atoms with E-state index in [0.717, 1.165) is 22.6 Å². The summed E-state index contributed by atoms with van der Waals surface area (Å²) >= 11 is 0. The average Bonchev–Trinajstić information content (AvgIpc) is 2.53. The maximum Gasteiger partial charge on any atom is 0.244 e. The van der Waals surface area contributed by atoms with Crippen molar-refractivity contribution in [2.24, 2.45) is 5.10 Å². The Hall–Kier alpha value is -2.62. The lowest BCUT2D eigenvalue weighted by Gasteiger charge is -2.04. The van der Waals surface area contributed by atoms with Gasteiger partial charge in [0.25, 0.3) is 0 Å². The first-order valence-corrected chi connectivity index (χ1v) is 6.70. The zero-order valence-corrected chi connectivity index (χ0v) is 12.2. The monoisotopic (exact) mass is 282 g/mol. The van der Waals surface area contributed by atoms with E-state index < -0.39 is 0 Å². The number of carbonyl (C=O) groups is 1. The normalized spacial score (nSPS) is 11.0. The number of hydrogen-bond donors (Lipinski definition) is 1. The lowest BCUT2D eigenvalue weighted by Crippen LogP contribution is -2.21. The molecule has 0 aliphatic heterocycles. The fourth-order valence-corrected chi connectivity index (χ4v) is 1.86. The molecule has 0 spiro atoms. The van der Waals surface area contributed by atoms with Gasteiger partial charge in [0, 0.05) is 0 Å². The SMILES string of the molecule is COc1ccc(C(C)=NNC(=O)Cc2ccccc2)cc1. The molecule has 0 saturated heterocycles. The van der Waals surface area contributed by atoms with E-state index in [2.05, 4.69) is 10.5 Å². The van der Waals surface area contributed by atoms with Gasteiger partial charge in [0.15, 0.2) is 0 Å². The minimum Gasteiger partial charge on any atom is -0.497 e. The maximum absolute atomic E-state index is 11.8. The van der Waals surface area contributed by atoms with Gasteiger partial charge < -0.3 is 4.74 Å². The molecular weight excluding hydrogens is 264 g/mol. The molecular formula is C17H18N2O2. The highest BCUT2D eigenvalue weighted by Crippen LogP contribution is 2.11. The van der Waals surface area contributed by atoms with Gasteiger partial charge in [-0.3, -0.25) is 4.79 Å². The molecule has 21 heavy (non-hydrogen) atoms. The van der Waals surface area contributed by atoms with E-state index in [0.29, 0.717) is 6.42 Å². The Kier molecular flexibility index (Phi) is 5.10. The summed E-state index contributed by atoms with van der Waals surface area (Å²) in [4.78, 5) is 11.8. The summed E-state index contributed by atoms with van der Waals surface area (Å²) in [6, 6.07) is 17.1. The van der Waals surface area contributed by atoms with E-state index in [4.69, 9.17) is 4.74 Å². The molecule has 2 rings (SSSR count). The average molecular weight is 282 g/mol. The summed E-state index contributed by atoms with van der Waals surface area (Å²) in [7, 11) is 1.62. The van der Waals surface area contributed by atoms with Crippen LogP contribution < -0.4 is 10.2 Å². The Morgan fingerprint density at radius 3 is 2.38 bits per heavy atom. The third-order valence-corrected chi connectivity index (χ3v) is 3.06. The summed E-state index contributed by atoms with van der Waals surface area (Å²) in [5.74, 6) is 0.661. The van der Waals surface area contributed by atoms with Crippen LogP contribution in [0.1, 0.15) is 18.1 Å². The third kappa shape index (κ3) is 4.45. The summed E-state index contributed by atoms with van der Waals surface area (Å²) in [6.07, 6.45) is 0.320. The second-order valence-electron chi connectivity index (χ2n) is 4.62. The van der Waals surface area contributed by atoms with Gasteiger partial charge in [0.05, 0.1) is 19.2 Å². The number of nitrogens with zero attached hydrogens (tertiary/aromatic N) is 1. The Labute approximate surface area is 124 Å². The minimum absolute atomic E-state index is 0.130. The van der Waals surface area contributed by atoms with Crippen molar-refractivity contribution < 1.29 is 9.53 Å². The van der Waals surface area contributed by atoms with Crippen LogP contribution in [0.2, 0.25) is 0 Å². The van der Waals surface area contributed by atoms with Crippen molar-refractivity contribution >= 4 is 11.6 Å². The van der Waals surface area contributed by atoms with Gasteiger partial charge in [0.1, 0.15) is 5.75 Å². The first kappa shape index (κ1) is 14.8. The lowest BCUT2D eigenvalue weighted by atomic mass is 10.1. The molecule has 0 bridgehead atoms. The summed E-state index contributed by atoms with van der Waals surface area (Å²) in [6.45, 7) is 1.85. The van der Waals surface area contributed by atoms with Gasteiger partial charge in [-0.25, -0.2) is 5.43 Å². The van der Waals surface area contributed by atoms with Crippen molar-refractivity contribution in [3.8, 4) is 5.75 Å². The Bertz CT molecular complexity index is 619. The Morgan fingerprint density at radius 2 is 1.76 bits per heavy atom. The highest BCUT2D eigenvalue weighted by atomic mass is 16.5. The van der Waals surface area contributed by atoms with Crippen LogP contribution in [0.25, 0.3) is 0 Å². The molecule has 1 amide bonds. The minimum atomic E-state index is -0.130. The summed E-state index contributed by atoms with van der Waals surface area (Å²) < 4.78 is 5.10. The molecule has 0 aliphatic carbocycles. The van der Waals surface area contributed by atoms with E-state index in [1.54, 1.807) is 7.11 Å². The molecule has 0 aromatic heterocycles. The lowest BCUT2D eigenvalue weighted by molar-refractivity contribution is -0.120. The van der Waals surface area contributed by atoms with E-state index in [9.17, 15) is 4.79 Å². The molecule has 0 aliphatic rings. The fraction of sp³-hybridized carbons (Fsp3) is 0.176. The molecule has 0 fully saturated rings. The first-order valence-electron chi connectivity index (χ1n) is 6.70. The van der Waals surface area contributed by atoms with Crippen molar-refractivity contribution in [3.05, 3.63) is 65.7 Å². The van der Waals surface area contributed by atoms with E-state index in [1.807, 2.05) is 61.5 Å². The second kappa shape index (κ2) is 7.24. The quantitative estimate of drug-likeness (QED) is 0.677. The van der Waals surface area contributed by atoms with Crippen LogP contribution in [0.5, 0.6) is 5.75 Å². The number of ether oxygens (including phenoxy) is 1. The zero-order valence-electron chi connectivity index (χ0n) is 12.2. The van der Waals surface area contributed by atoms with E-state index >= 15 is 0 Å². The number of hydrazone groups is 1. The molecule has 1 N–H and O–H groups in total. The topological polar surface area (TPSA) is 50.7 Å². The van der Waals surface area contributed by atoms with Gasteiger partial charge in [-0.15, -0.1) is 0 Å². The number of methoxy groups -OCH3 is 1. The van der Waals surface area contributed by atoms with Crippen molar-refractivity contribution in [3.63, 3.8) is 0 Å². The smallest absolute Gasteiger partial charge is 0.244 e. The molecule has 108 valence electrons. The second-order valence-corrected chi connectivity index (χ2v) is 4.62. The Balaban J connectivity index is 1.94. The van der Waals surface area contributed by atoms with Gasteiger partial charge in [-0.1, -0.05) is 30.3 Å². The zero-order chi connectivity index (χ0) is 15.1. The predicted molar refractivity (Wildman–Crippen MR) is 83.5 cm³/mol. The number of benzene rings is 2. The maximum atomic E-state index is 11.8. The van der Waals surface area contributed by atoms with Crippen molar-refractivity contribution in [1.82, 2.24) is 5.43 Å². The molecule has 2 aromatic carbocycles. The highest BCUT2D eigenvalue weighted by Gasteiger charge is 2.03. The van der Waals surface area contributed by atoms with Crippen LogP contribution in [-0.2, 0) is 11.2 Å². The number of nitrogens with one attached hydrogen (secondary N) is 1. The summed E-state index contributed by atoms with van der Waals surface area (Å²) in [5.41, 5.74) is 5.23. The molecule has 4 nitrogen and oxygen atoms in total. The van der Waals surface area contributed by atoms with Crippen LogP contribution in [0.3, 0.4) is 0 Å². The van der Waals surface area contributed by atoms with Gasteiger partial charge in [-0.2, -0.15) is 5.10 Å². The van der Waals surface area contributed by atoms with Gasteiger partial charge in [0.2, 0.25) is 5.91 Å². The van der Waals surface area contributed by atoms with Crippen molar-refractivity contribution in [2.75, 3.05) is 7.11 Å². The van der Waals surface area contributed by atoms with E-state index in [-0.39, 0.29) is 5.91 Å². The predicted octanol–water partition coefficient (Wildman–Crippen LogP) is 2.78. The van der Waals surface area contributed by atoms with Crippen molar-refractivity contribution in [1.29, 1.82) is 0 Å². The molecule has 0 radical (unpaired) electrons. The molecule has 0 atom stereocenters. The van der Waals surface area contributed by atoms with Crippen molar-refractivity contribution in [2.45, 2.75) is 13.3 Å². The van der Waals surface area contributed by atoms with Crippen LogP contribution in [-0.4, -0.2) is 18.7 Å². The van der Waals surface area contributed by atoms with Gasteiger partial charge >= 0.3 is 0 Å². The number of hydrogen-bond acceptors (Lipinski definition) is 3. The molecule has 4 heteroatoms. The molecule has 0 saturated carbocycles. The van der Waals surface area contributed by atoms with Crippen LogP contribution >= 0.6 is 0 Å². The third-order valence-electron chi connectivity index (χ3n) is 3.06. The number of amides is 1. The van der Waals surface area contributed by atoms with Crippen LogP contribution in [0, 0.1) is 0 Å². The molecule has 2 aromatic rings. The molecule has 0 unspecified atom stereocenters. The largest absolute Gasteiger partial charge is 0.497 e. The first-order chi connectivity index (χ1) is 10.2. The fourth-order valence-electron chi connectivity index (χ4n) is 1.86. The summed E-state index contributed by atoms with van der Waals surface area (Å²) in [5, 5.41) is 4.12.